The topological polar surface area (TPSA) is 56.7 Å². The second-order valence-corrected chi connectivity index (χ2v) is 8.53. The first kappa shape index (κ1) is 16.8. The maximum absolute atomic E-state index is 5.48. The summed E-state index contributed by atoms with van der Waals surface area (Å²) in [5, 5.41) is 16.1. The fourth-order valence-electron chi connectivity index (χ4n) is 3.02. The van der Waals surface area contributed by atoms with Gasteiger partial charge in [-0.2, -0.15) is 0 Å². The summed E-state index contributed by atoms with van der Waals surface area (Å²) in [6, 6.07) is 16.6. The predicted octanol–water partition coefficient (Wildman–Crippen LogP) is 5.21. The van der Waals surface area contributed by atoms with E-state index in [-0.39, 0.29) is 0 Å². The number of nitrogens with zero attached hydrogens (tertiary/aromatic N) is 4. The zero-order valence-electron chi connectivity index (χ0n) is 14.6. The first-order chi connectivity index (χ1) is 13.4. The molecule has 3 aromatic heterocycles. The Morgan fingerprint density at radius 3 is 2.78 bits per heavy atom. The van der Waals surface area contributed by atoms with E-state index in [1.54, 1.807) is 23.1 Å². The average molecular weight is 395 g/mol. The number of thiophene rings is 1. The Balaban J connectivity index is 1.34. The van der Waals surface area contributed by atoms with Crippen LogP contribution < -0.4 is 0 Å². The van der Waals surface area contributed by atoms with Gasteiger partial charge in [0.1, 0.15) is 5.82 Å². The van der Waals surface area contributed by atoms with Crippen molar-refractivity contribution in [2.24, 2.45) is 0 Å². The Labute approximate surface area is 165 Å². The predicted molar refractivity (Wildman–Crippen MR) is 107 cm³/mol. The van der Waals surface area contributed by atoms with Crippen molar-refractivity contribution in [3.05, 3.63) is 71.0 Å². The van der Waals surface area contributed by atoms with Crippen molar-refractivity contribution in [3.63, 3.8) is 0 Å². The Kier molecular flexibility index (Phi) is 4.55. The highest BCUT2D eigenvalue weighted by molar-refractivity contribution is 7.98. The second-order valence-electron chi connectivity index (χ2n) is 6.64. The van der Waals surface area contributed by atoms with Crippen LogP contribution in [0, 0.1) is 0 Å². The minimum Gasteiger partial charge on any atom is -0.355 e. The van der Waals surface area contributed by atoms with E-state index in [9.17, 15) is 0 Å². The third-order valence-electron chi connectivity index (χ3n) is 4.54. The number of thioether (sulfide) groups is 1. The molecular weight excluding hydrogens is 376 g/mol. The SMILES string of the molecule is c1ccc(Cn2c(SCc3cc(-c4cccs4)on3)nnc2C2CC2)cc1. The Hall–Kier alpha value is -2.38. The van der Waals surface area contributed by atoms with Crippen LogP contribution in [0.4, 0.5) is 0 Å². The van der Waals surface area contributed by atoms with Gasteiger partial charge in [-0.05, 0) is 29.9 Å². The number of hydrogen-bond donors (Lipinski definition) is 0. The lowest BCUT2D eigenvalue weighted by atomic mass is 10.2. The van der Waals surface area contributed by atoms with Crippen molar-refractivity contribution in [2.45, 2.75) is 36.2 Å². The lowest BCUT2D eigenvalue weighted by Crippen LogP contribution is -2.06. The van der Waals surface area contributed by atoms with Crippen molar-refractivity contribution >= 4 is 23.1 Å². The lowest BCUT2D eigenvalue weighted by molar-refractivity contribution is 0.427. The normalized spacial score (nSPS) is 13.9. The van der Waals surface area contributed by atoms with E-state index < -0.39 is 0 Å². The molecule has 1 aliphatic carbocycles. The molecule has 0 atom stereocenters. The largest absolute Gasteiger partial charge is 0.355 e. The second kappa shape index (κ2) is 7.32. The molecule has 0 unspecified atom stereocenters. The summed E-state index contributed by atoms with van der Waals surface area (Å²) in [6.45, 7) is 0.807. The molecule has 136 valence electrons. The first-order valence-electron chi connectivity index (χ1n) is 8.96. The Morgan fingerprint density at radius 2 is 2.00 bits per heavy atom. The summed E-state index contributed by atoms with van der Waals surface area (Å²) < 4.78 is 7.74. The highest BCUT2D eigenvalue weighted by Crippen LogP contribution is 2.40. The van der Waals surface area contributed by atoms with Gasteiger partial charge in [0.15, 0.2) is 10.9 Å². The first-order valence-corrected chi connectivity index (χ1v) is 10.8. The summed E-state index contributed by atoms with van der Waals surface area (Å²) in [6.07, 6.45) is 2.43. The van der Waals surface area contributed by atoms with Gasteiger partial charge < -0.3 is 9.09 Å². The zero-order chi connectivity index (χ0) is 18.1. The Morgan fingerprint density at radius 1 is 1.11 bits per heavy atom. The lowest BCUT2D eigenvalue weighted by Gasteiger charge is -2.09. The molecule has 0 bridgehead atoms. The van der Waals surface area contributed by atoms with Gasteiger partial charge in [-0.1, -0.05) is 53.3 Å². The van der Waals surface area contributed by atoms with Gasteiger partial charge in [0.05, 0.1) is 17.1 Å². The average Bonchev–Trinajstić information content (AvgIpc) is 3.11. The number of aromatic nitrogens is 4. The highest BCUT2D eigenvalue weighted by Gasteiger charge is 2.30. The Bertz CT molecular complexity index is 1020. The third kappa shape index (κ3) is 3.70. The molecule has 0 amide bonds. The molecule has 0 N–H and O–H groups in total. The maximum Gasteiger partial charge on any atom is 0.191 e. The van der Waals surface area contributed by atoms with E-state index in [4.69, 9.17) is 4.52 Å². The van der Waals surface area contributed by atoms with Gasteiger partial charge in [0.25, 0.3) is 0 Å². The van der Waals surface area contributed by atoms with Gasteiger partial charge in [-0.15, -0.1) is 21.5 Å². The molecule has 0 radical (unpaired) electrons. The zero-order valence-corrected chi connectivity index (χ0v) is 16.2. The third-order valence-corrected chi connectivity index (χ3v) is 6.43. The van der Waals surface area contributed by atoms with Crippen molar-refractivity contribution < 1.29 is 4.52 Å². The molecule has 27 heavy (non-hydrogen) atoms. The molecule has 1 fully saturated rings. The summed E-state index contributed by atoms with van der Waals surface area (Å²) in [7, 11) is 0. The van der Waals surface area contributed by atoms with E-state index in [1.807, 2.05) is 29.6 Å². The summed E-state index contributed by atoms with van der Waals surface area (Å²) in [4.78, 5) is 1.10. The fraction of sp³-hybridized carbons (Fsp3) is 0.250. The molecule has 0 aliphatic heterocycles. The van der Waals surface area contributed by atoms with Crippen molar-refractivity contribution in [1.82, 2.24) is 19.9 Å². The van der Waals surface area contributed by atoms with Crippen LogP contribution in [0.25, 0.3) is 10.6 Å². The molecule has 0 spiro atoms. The van der Waals surface area contributed by atoms with Gasteiger partial charge in [-0.25, -0.2) is 0 Å². The highest BCUT2D eigenvalue weighted by atomic mass is 32.2. The van der Waals surface area contributed by atoms with Crippen LogP contribution in [-0.4, -0.2) is 19.9 Å². The van der Waals surface area contributed by atoms with E-state index in [0.717, 1.165) is 33.9 Å². The van der Waals surface area contributed by atoms with E-state index >= 15 is 0 Å². The van der Waals surface area contributed by atoms with Gasteiger partial charge >= 0.3 is 0 Å². The molecular formula is C20H18N4OS2. The van der Waals surface area contributed by atoms with E-state index in [2.05, 4.69) is 44.2 Å². The molecule has 5 nitrogen and oxygen atoms in total. The van der Waals surface area contributed by atoms with Crippen LogP contribution >= 0.6 is 23.1 Å². The van der Waals surface area contributed by atoms with Crippen LogP contribution in [0.2, 0.25) is 0 Å². The smallest absolute Gasteiger partial charge is 0.191 e. The fourth-order valence-corrected chi connectivity index (χ4v) is 4.52. The van der Waals surface area contributed by atoms with Crippen LogP contribution in [0.15, 0.2) is 63.6 Å². The minimum absolute atomic E-state index is 0.563. The molecule has 3 heterocycles. The van der Waals surface area contributed by atoms with E-state index in [0.29, 0.717) is 11.7 Å². The molecule has 0 saturated heterocycles. The molecule has 5 rings (SSSR count). The number of benzene rings is 1. The molecule has 1 saturated carbocycles. The quantitative estimate of drug-likeness (QED) is 0.403. The van der Waals surface area contributed by atoms with Gasteiger partial charge in [-0.3, -0.25) is 0 Å². The molecule has 4 aromatic rings. The summed E-state index contributed by atoms with van der Waals surface area (Å²) in [5.74, 6) is 3.21. The summed E-state index contributed by atoms with van der Waals surface area (Å²) in [5.41, 5.74) is 2.19. The van der Waals surface area contributed by atoms with Gasteiger partial charge in [0, 0.05) is 17.7 Å². The maximum atomic E-state index is 5.48. The standard InChI is InChI=1S/C20H18N4OS2/c1-2-5-14(6-3-1)12-24-19(15-8-9-15)21-22-20(24)27-13-16-11-17(25-23-16)18-7-4-10-26-18/h1-7,10-11,15H,8-9,12-13H2. The number of hydrogen-bond acceptors (Lipinski definition) is 6. The van der Waals surface area contributed by atoms with Crippen LogP contribution in [0.3, 0.4) is 0 Å². The molecule has 7 heteroatoms. The van der Waals surface area contributed by atoms with Crippen molar-refractivity contribution in [2.75, 3.05) is 0 Å². The monoisotopic (exact) mass is 394 g/mol. The summed E-state index contributed by atoms with van der Waals surface area (Å²) >= 11 is 3.32. The van der Waals surface area contributed by atoms with E-state index in [1.165, 1.54) is 18.4 Å². The number of rotatable bonds is 7. The van der Waals surface area contributed by atoms with Crippen molar-refractivity contribution in [1.29, 1.82) is 0 Å². The molecule has 1 aliphatic rings. The van der Waals surface area contributed by atoms with Crippen LogP contribution in [0.5, 0.6) is 0 Å². The minimum atomic E-state index is 0.563. The van der Waals surface area contributed by atoms with Gasteiger partial charge in [0.2, 0.25) is 0 Å². The van der Waals surface area contributed by atoms with Crippen molar-refractivity contribution in [3.8, 4) is 10.6 Å². The van der Waals surface area contributed by atoms with Crippen LogP contribution in [-0.2, 0) is 12.3 Å². The van der Waals surface area contributed by atoms with Crippen LogP contribution in [0.1, 0.15) is 35.8 Å². The molecule has 1 aromatic carbocycles.